The Morgan fingerprint density at radius 2 is 2.20 bits per heavy atom. The number of hydrogen-bond acceptors (Lipinski definition) is 3. The van der Waals surface area contributed by atoms with Gasteiger partial charge in [-0.1, -0.05) is 12.1 Å². The van der Waals surface area contributed by atoms with Gasteiger partial charge in [0.25, 0.3) is 0 Å². The fourth-order valence-corrected chi connectivity index (χ4v) is 1.57. The molecule has 15 heavy (non-hydrogen) atoms. The van der Waals surface area contributed by atoms with Gasteiger partial charge in [-0.25, -0.2) is 0 Å². The zero-order valence-corrected chi connectivity index (χ0v) is 8.95. The average Bonchev–Trinajstić information content (AvgIpc) is 2.62. The Kier molecular flexibility index (Phi) is 2.92. The van der Waals surface area contributed by atoms with E-state index in [-0.39, 0.29) is 0 Å². The molecule has 2 rings (SSSR count). The number of ether oxygens (including phenoxy) is 2. The van der Waals surface area contributed by atoms with Crippen molar-refractivity contribution >= 4 is 11.0 Å². The van der Waals surface area contributed by atoms with E-state index in [1.165, 1.54) is 0 Å². The summed E-state index contributed by atoms with van der Waals surface area (Å²) in [6.07, 6.45) is 0. The molecule has 0 radical (unpaired) electrons. The van der Waals surface area contributed by atoms with Crippen LogP contribution in [0.4, 0.5) is 0 Å². The molecule has 0 bridgehead atoms. The summed E-state index contributed by atoms with van der Waals surface area (Å²) in [4.78, 5) is 0. The fraction of sp³-hybridized carbons (Fsp3) is 0.333. The molecule has 1 aromatic heterocycles. The van der Waals surface area contributed by atoms with Crippen molar-refractivity contribution in [3.63, 3.8) is 0 Å². The minimum atomic E-state index is 0.486. The van der Waals surface area contributed by atoms with Crippen LogP contribution in [0.5, 0.6) is 5.75 Å². The van der Waals surface area contributed by atoms with Crippen molar-refractivity contribution in [3.8, 4) is 5.75 Å². The van der Waals surface area contributed by atoms with E-state index in [2.05, 4.69) is 0 Å². The number of hydrogen-bond donors (Lipinski definition) is 0. The Morgan fingerprint density at radius 3 is 2.93 bits per heavy atom. The van der Waals surface area contributed by atoms with Gasteiger partial charge in [0.1, 0.15) is 12.4 Å². The SMILES string of the molecule is CCOc1cccc2cc(COC)oc12. The molecular weight excluding hydrogens is 192 g/mol. The Hall–Kier alpha value is -1.48. The summed E-state index contributed by atoms with van der Waals surface area (Å²) >= 11 is 0. The van der Waals surface area contributed by atoms with Crippen LogP contribution < -0.4 is 4.74 Å². The molecular formula is C12H14O3. The zero-order chi connectivity index (χ0) is 10.7. The van der Waals surface area contributed by atoms with Gasteiger partial charge in [0.2, 0.25) is 0 Å². The molecule has 1 heterocycles. The highest BCUT2D eigenvalue weighted by Crippen LogP contribution is 2.28. The first-order valence-corrected chi connectivity index (χ1v) is 4.98. The first-order valence-electron chi connectivity index (χ1n) is 4.98. The number of furan rings is 1. The molecule has 0 aliphatic carbocycles. The van der Waals surface area contributed by atoms with Crippen LogP contribution in [0.2, 0.25) is 0 Å². The van der Waals surface area contributed by atoms with Gasteiger partial charge in [-0.3, -0.25) is 0 Å². The predicted molar refractivity (Wildman–Crippen MR) is 58.1 cm³/mol. The van der Waals surface area contributed by atoms with Crippen molar-refractivity contribution < 1.29 is 13.9 Å². The summed E-state index contributed by atoms with van der Waals surface area (Å²) in [5.74, 6) is 1.61. The summed E-state index contributed by atoms with van der Waals surface area (Å²) < 4.78 is 16.1. The van der Waals surface area contributed by atoms with E-state index in [9.17, 15) is 0 Å². The average molecular weight is 206 g/mol. The van der Waals surface area contributed by atoms with Gasteiger partial charge in [0.15, 0.2) is 11.3 Å². The number of para-hydroxylation sites is 1. The van der Waals surface area contributed by atoms with Crippen LogP contribution in [-0.2, 0) is 11.3 Å². The minimum absolute atomic E-state index is 0.486. The van der Waals surface area contributed by atoms with Crippen LogP contribution in [0, 0.1) is 0 Å². The smallest absolute Gasteiger partial charge is 0.176 e. The quantitative estimate of drug-likeness (QED) is 0.770. The van der Waals surface area contributed by atoms with E-state index in [0.717, 1.165) is 22.5 Å². The molecule has 0 aliphatic rings. The van der Waals surface area contributed by atoms with E-state index in [1.54, 1.807) is 7.11 Å². The number of benzene rings is 1. The van der Waals surface area contributed by atoms with Crippen LogP contribution in [-0.4, -0.2) is 13.7 Å². The second-order valence-corrected chi connectivity index (χ2v) is 3.25. The first-order chi connectivity index (χ1) is 7.35. The lowest BCUT2D eigenvalue weighted by molar-refractivity contribution is 0.166. The number of methoxy groups -OCH3 is 1. The van der Waals surface area contributed by atoms with Gasteiger partial charge >= 0.3 is 0 Å². The van der Waals surface area contributed by atoms with Gasteiger partial charge in [-0.2, -0.15) is 0 Å². The minimum Gasteiger partial charge on any atom is -0.490 e. The fourth-order valence-electron chi connectivity index (χ4n) is 1.57. The van der Waals surface area contributed by atoms with E-state index in [1.807, 2.05) is 31.2 Å². The molecule has 0 aliphatic heterocycles. The second kappa shape index (κ2) is 4.36. The van der Waals surface area contributed by atoms with E-state index < -0.39 is 0 Å². The lowest BCUT2D eigenvalue weighted by Crippen LogP contribution is -1.90. The standard InChI is InChI=1S/C12H14O3/c1-3-14-11-6-4-5-9-7-10(8-13-2)15-12(9)11/h4-7H,3,8H2,1-2H3. The van der Waals surface area contributed by atoms with Gasteiger partial charge in [-0.05, 0) is 19.1 Å². The summed E-state index contributed by atoms with van der Waals surface area (Å²) in [5, 5.41) is 1.05. The maximum absolute atomic E-state index is 5.64. The number of fused-ring (bicyclic) bond motifs is 1. The summed E-state index contributed by atoms with van der Waals surface area (Å²) in [7, 11) is 1.65. The van der Waals surface area contributed by atoms with Crippen LogP contribution in [0.1, 0.15) is 12.7 Å². The third kappa shape index (κ3) is 1.97. The summed E-state index contributed by atoms with van der Waals surface area (Å²) in [6.45, 7) is 3.08. The van der Waals surface area contributed by atoms with Crippen LogP contribution in [0.3, 0.4) is 0 Å². The monoisotopic (exact) mass is 206 g/mol. The molecule has 0 saturated heterocycles. The first kappa shape index (κ1) is 10.1. The molecule has 0 spiro atoms. The Morgan fingerprint density at radius 1 is 1.33 bits per heavy atom. The van der Waals surface area contributed by atoms with Gasteiger partial charge in [0.05, 0.1) is 6.61 Å². The maximum atomic E-state index is 5.64. The maximum Gasteiger partial charge on any atom is 0.176 e. The molecule has 80 valence electrons. The van der Waals surface area contributed by atoms with Crippen molar-refractivity contribution in [3.05, 3.63) is 30.0 Å². The van der Waals surface area contributed by atoms with Gasteiger partial charge < -0.3 is 13.9 Å². The Labute approximate surface area is 88.6 Å². The van der Waals surface area contributed by atoms with Crippen molar-refractivity contribution in [2.75, 3.05) is 13.7 Å². The highest BCUT2D eigenvalue weighted by atomic mass is 16.5. The lowest BCUT2D eigenvalue weighted by atomic mass is 10.2. The topological polar surface area (TPSA) is 31.6 Å². The van der Waals surface area contributed by atoms with E-state index >= 15 is 0 Å². The van der Waals surface area contributed by atoms with Gasteiger partial charge in [0, 0.05) is 12.5 Å². The van der Waals surface area contributed by atoms with Gasteiger partial charge in [-0.15, -0.1) is 0 Å². The largest absolute Gasteiger partial charge is 0.490 e. The van der Waals surface area contributed by atoms with Crippen molar-refractivity contribution in [2.24, 2.45) is 0 Å². The van der Waals surface area contributed by atoms with Crippen molar-refractivity contribution in [1.29, 1.82) is 0 Å². The molecule has 0 atom stereocenters. The molecule has 0 amide bonds. The molecule has 2 aromatic rings. The van der Waals surface area contributed by atoms with E-state index in [0.29, 0.717) is 13.2 Å². The summed E-state index contributed by atoms with van der Waals surface area (Å²) in [6, 6.07) is 7.84. The summed E-state index contributed by atoms with van der Waals surface area (Å²) in [5.41, 5.74) is 0.798. The van der Waals surface area contributed by atoms with Crippen molar-refractivity contribution in [1.82, 2.24) is 0 Å². The van der Waals surface area contributed by atoms with Crippen molar-refractivity contribution in [2.45, 2.75) is 13.5 Å². The molecule has 0 saturated carbocycles. The number of rotatable bonds is 4. The highest BCUT2D eigenvalue weighted by Gasteiger charge is 2.08. The normalized spacial score (nSPS) is 10.8. The van der Waals surface area contributed by atoms with Crippen LogP contribution >= 0.6 is 0 Å². The Bertz CT molecular complexity index is 445. The molecule has 3 heteroatoms. The molecule has 1 aromatic carbocycles. The molecule has 0 fully saturated rings. The van der Waals surface area contributed by atoms with E-state index in [4.69, 9.17) is 13.9 Å². The molecule has 3 nitrogen and oxygen atoms in total. The van der Waals surface area contributed by atoms with Crippen LogP contribution in [0.15, 0.2) is 28.7 Å². The zero-order valence-electron chi connectivity index (χ0n) is 8.95. The second-order valence-electron chi connectivity index (χ2n) is 3.25. The molecule has 0 N–H and O–H groups in total. The third-order valence-corrected chi connectivity index (χ3v) is 2.15. The molecule has 0 unspecified atom stereocenters. The van der Waals surface area contributed by atoms with Crippen LogP contribution in [0.25, 0.3) is 11.0 Å². The predicted octanol–water partition coefficient (Wildman–Crippen LogP) is 2.98. The third-order valence-electron chi connectivity index (χ3n) is 2.15. The lowest BCUT2D eigenvalue weighted by Gasteiger charge is -2.02. The Balaban J connectivity index is 2.44. The highest BCUT2D eigenvalue weighted by molar-refractivity contribution is 5.83.